The number of rotatable bonds is 5. The number of fused-ring (bicyclic) bond motifs is 1. The molecule has 136 valence electrons. The summed E-state index contributed by atoms with van der Waals surface area (Å²) in [5.41, 5.74) is -0.377. The van der Waals surface area contributed by atoms with Crippen molar-refractivity contribution in [2.75, 3.05) is 11.4 Å². The lowest BCUT2D eigenvalue weighted by molar-refractivity contribution is -0.139. The monoisotopic (exact) mass is 435 g/mol. The minimum Gasteiger partial charge on any atom is -0.375 e. The van der Waals surface area contributed by atoms with E-state index in [1.54, 1.807) is 48.2 Å². The molecule has 0 saturated heterocycles. The van der Waals surface area contributed by atoms with E-state index in [0.29, 0.717) is 28.4 Å². The summed E-state index contributed by atoms with van der Waals surface area (Å²) in [6.07, 6.45) is 0.747. The molecular weight excluding hydrogens is 418 g/mol. The molecular formula is C20H19BrClNO3. The summed E-state index contributed by atoms with van der Waals surface area (Å²) >= 11 is 9.28. The third-order valence-corrected chi connectivity index (χ3v) is 5.57. The van der Waals surface area contributed by atoms with Crippen molar-refractivity contribution in [1.82, 2.24) is 0 Å². The Morgan fingerprint density at radius 3 is 2.54 bits per heavy atom. The van der Waals surface area contributed by atoms with Crippen molar-refractivity contribution in [3.05, 3.63) is 63.1 Å². The molecule has 0 spiro atoms. The average Bonchev–Trinajstić information content (AvgIpc) is 2.84. The first-order valence-electron chi connectivity index (χ1n) is 8.44. The van der Waals surface area contributed by atoms with Crippen LogP contribution >= 0.6 is 27.5 Å². The third kappa shape index (κ3) is 2.98. The van der Waals surface area contributed by atoms with Crippen molar-refractivity contribution in [2.45, 2.75) is 25.9 Å². The maximum absolute atomic E-state index is 13.1. The van der Waals surface area contributed by atoms with E-state index in [0.717, 1.165) is 10.9 Å². The standard InChI is InChI=1S/C20H19BrClNO3/c1-3-10-23-17-9-6-14(21)11-16(17)20(26,19(23)25)12(2)18(24)13-4-7-15(22)8-5-13/h4-9,11-12,26H,3,10H2,1-2H3/t12-,20-/m1/s1. The largest absolute Gasteiger partial charge is 0.375 e. The Hall–Kier alpha value is -1.69. The number of anilines is 1. The zero-order chi connectivity index (χ0) is 19.1. The number of hydrogen-bond acceptors (Lipinski definition) is 3. The van der Waals surface area contributed by atoms with Crippen molar-refractivity contribution >= 4 is 44.9 Å². The lowest BCUT2D eigenvalue weighted by atomic mass is 9.79. The topological polar surface area (TPSA) is 57.6 Å². The van der Waals surface area contributed by atoms with Crippen LogP contribution in [0.25, 0.3) is 0 Å². The molecule has 1 heterocycles. The summed E-state index contributed by atoms with van der Waals surface area (Å²) in [5, 5.41) is 12.0. The van der Waals surface area contributed by atoms with E-state index in [9.17, 15) is 14.7 Å². The molecule has 2 aromatic rings. The molecule has 0 saturated carbocycles. The maximum Gasteiger partial charge on any atom is 0.264 e. The van der Waals surface area contributed by atoms with Crippen molar-refractivity contribution < 1.29 is 14.7 Å². The molecule has 0 aliphatic carbocycles. The summed E-state index contributed by atoms with van der Waals surface area (Å²) in [4.78, 5) is 27.6. The number of carbonyl (C=O) groups excluding carboxylic acids is 2. The Balaban J connectivity index is 2.07. The summed E-state index contributed by atoms with van der Waals surface area (Å²) in [7, 11) is 0. The normalized spacial score (nSPS) is 20.2. The van der Waals surface area contributed by atoms with E-state index in [1.165, 1.54) is 0 Å². The van der Waals surface area contributed by atoms with E-state index < -0.39 is 17.4 Å². The first kappa shape index (κ1) is 19.1. The summed E-state index contributed by atoms with van der Waals surface area (Å²) in [6, 6.07) is 11.8. The Bertz CT molecular complexity index is 868. The highest BCUT2D eigenvalue weighted by Crippen LogP contribution is 2.46. The number of Topliss-reactive ketones (excluding diaryl/α,β-unsaturated/α-hetero) is 1. The van der Waals surface area contributed by atoms with Gasteiger partial charge in [0.15, 0.2) is 11.4 Å². The average molecular weight is 437 g/mol. The number of hydrogen-bond donors (Lipinski definition) is 1. The van der Waals surface area contributed by atoms with Crippen LogP contribution in [-0.2, 0) is 10.4 Å². The zero-order valence-electron chi connectivity index (χ0n) is 14.5. The SMILES string of the molecule is CCCN1C(=O)[C@@](O)([C@H](C)C(=O)c2ccc(Cl)cc2)c2cc(Br)ccc21. The predicted octanol–water partition coefficient (Wildman–Crippen LogP) is 4.57. The number of nitrogens with zero attached hydrogens (tertiary/aromatic N) is 1. The van der Waals surface area contributed by atoms with Gasteiger partial charge in [0, 0.05) is 27.2 Å². The van der Waals surface area contributed by atoms with Gasteiger partial charge in [0.2, 0.25) is 0 Å². The lowest BCUT2D eigenvalue weighted by Gasteiger charge is -2.28. The molecule has 3 rings (SSSR count). The number of halogens is 2. The highest BCUT2D eigenvalue weighted by molar-refractivity contribution is 9.10. The molecule has 4 nitrogen and oxygen atoms in total. The van der Waals surface area contributed by atoms with Crippen molar-refractivity contribution in [3.8, 4) is 0 Å². The van der Waals surface area contributed by atoms with Crippen molar-refractivity contribution in [1.29, 1.82) is 0 Å². The van der Waals surface area contributed by atoms with E-state index in [1.807, 2.05) is 13.0 Å². The van der Waals surface area contributed by atoms with Gasteiger partial charge < -0.3 is 10.0 Å². The van der Waals surface area contributed by atoms with E-state index in [2.05, 4.69) is 15.9 Å². The van der Waals surface area contributed by atoms with Gasteiger partial charge in [0.1, 0.15) is 0 Å². The molecule has 2 atom stereocenters. The van der Waals surface area contributed by atoms with Crippen LogP contribution in [0.2, 0.25) is 5.02 Å². The number of carbonyl (C=O) groups is 2. The van der Waals surface area contributed by atoms with Gasteiger partial charge in [0.05, 0.1) is 11.6 Å². The lowest BCUT2D eigenvalue weighted by Crippen LogP contribution is -2.47. The molecule has 2 aromatic carbocycles. The van der Waals surface area contributed by atoms with E-state index in [4.69, 9.17) is 11.6 Å². The van der Waals surface area contributed by atoms with Gasteiger partial charge in [-0.05, 0) is 48.9 Å². The van der Waals surface area contributed by atoms with Crippen LogP contribution in [0.5, 0.6) is 0 Å². The highest BCUT2D eigenvalue weighted by atomic mass is 79.9. The van der Waals surface area contributed by atoms with Gasteiger partial charge in [-0.3, -0.25) is 9.59 Å². The summed E-state index contributed by atoms with van der Waals surface area (Å²) in [5.74, 6) is -1.70. The fraction of sp³-hybridized carbons (Fsp3) is 0.300. The Labute approximate surface area is 165 Å². The van der Waals surface area contributed by atoms with Crippen molar-refractivity contribution in [2.24, 2.45) is 5.92 Å². The number of benzene rings is 2. The molecule has 26 heavy (non-hydrogen) atoms. The van der Waals surface area contributed by atoms with Crippen molar-refractivity contribution in [3.63, 3.8) is 0 Å². The first-order chi connectivity index (χ1) is 12.3. The number of amides is 1. The van der Waals surface area contributed by atoms with Crippen LogP contribution in [0.15, 0.2) is 46.9 Å². The Morgan fingerprint density at radius 1 is 1.27 bits per heavy atom. The molecule has 6 heteroatoms. The summed E-state index contributed by atoms with van der Waals surface area (Å²) < 4.78 is 0.743. The molecule has 0 fully saturated rings. The molecule has 1 aliphatic heterocycles. The van der Waals surface area contributed by atoms with Crippen LogP contribution in [-0.4, -0.2) is 23.3 Å². The second-order valence-corrected chi connectivity index (χ2v) is 7.83. The Morgan fingerprint density at radius 2 is 1.92 bits per heavy atom. The molecule has 0 radical (unpaired) electrons. The first-order valence-corrected chi connectivity index (χ1v) is 9.62. The molecule has 0 aromatic heterocycles. The quantitative estimate of drug-likeness (QED) is 0.699. The second kappa shape index (κ2) is 7.14. The number of ketones is 1. The highest BCUT2D eigenvalue weighted by Gasteiger charge is 2.55. The van der Waals surface area contributed by atoms with Crippen LogP contribution in [0, 0.1) is 5.92 Å². The van der Waals surface area contributed by atoms with Gasteiger partial charge in [-0.1, -0.05) is 41.4 Å². The predicted molar refractivity (Wildman–Crippen MR) is 106 cm³/mol. The minimum atomic E-state index is -1.90. The van der Waals surface area contributed by atoms with Crippen LogP contribution in [0.1, 0.15) is 36.2 Å². The Kier molecular flexibility index (Phi) is 5.24. The molecule has 0 unspecified atom stereocenters. The van der Waals surface area contributed by atoms with Gasteiger partial charge >= 0.3 is 0 Å². The second-order valence-electron chi connectivity index (χ2n) is 6.48. The van der Waals surface area contributed by atoms with Gasteiger partial charge in [0.25, 0.3) is 5.91 Å². The van der Waals surface area contributed by atoms with Crippen LogP contribution in [0.3, 0.4) is 0 Å². The van der Waals surface area contributed by atoms with Crippen LogP contribution in [0.4, 0.5) is 5.69 Å². The zero-order valence-corrected chi connectivity index (χ0v) is 16.8. The van der Waals surface area contributed by atoms with Gasteiger partial charge in [-0.25, -0.2) is 0 Å². The third-order valence-electron chi connectivity index (χ3n) is 4.83. The van der Waals surface area contributed by atoms with Gasteiger partial charge in [-0.15, -0.1) is 0 Å². The van der Waals surface area contributed by atoms with Crippen LogP contribution < -0.4 is 4.90 Å². The number of aliphatic hydroxyl groups is 1. The maximum atomic E-state index is 13.1. The van der Waals surface area contributed by atoms with Gasteiger partial charge in [-0.2, -0.15) is 0 Å². The fourth-order valence-electron chi connectivity index (χ4n) is 3.40. The molecule has 1 N–H and O–H groups in total. The summed E-state index contributed by atoms with van der Waals surface area (Å²) in [6.45, 7) is 4.04. The fourth-order valence-corrected chi connectivity index (χ4v) is 3.88. The van der Waals surface area contributed by atoms with E-state index >= 15 is 0 Å². The van der Waals surface area contributed by atoms with E-state index in [-0.39, 0.29) is 5.78 Å². The smallest absolute Gasteiger partial charge is 0.264 e. The molecule has 1 aliphatic rings. The molecule has 0 bridgehead atoms. The molecule has 1 amide bonds. The minimum absolute atomic E-state index is 0.304.